The van der Waals surface area contributed by atoms with Gasteiger partial charge in [-0.2, -0.15) is 18.3 Å². The number of piperidine rings is 1. The van der Waals surface area contributed by atoms with Crippen LogP contribution < -0.4 is 9.64 Å². The van der Waals surface area contributed by atoms with Gasteiger partial charge in [-0.15, -0.1) is 0 Å². The smallest absolute Gasteiger partial charge is 0.417 e. The molecule has 3 aromatic rings. The van der Waals surface area contributed by atoms with Gasteiger partial charge in [0, 0.05) is 25.4 Å². The number of pyridine rings is 1. The fourth-order valence-corrected chi connectivity index (χ4v) is 4.99. The number of fused-ring (bicyclic) bond motifs is 1. The predicted octanol–water partition coefficient (Wildman–Crippen LogP) is 4.58. The molecule has 34 heavy (non-hydrogen) atoms. The quantitative estimate of drug-likeness (QED) is 0.479. The minimum atomic E-state index is -4.41. The number of halogens is 5. The van der Waals surface area contributed by atoms with E-state index in [-0.39, 0.29) is 11.3 Å². The summed E-state index contributed by atoms with van der Waals surface area (Å²) in [6.07, 6.45) is 0.879. The molecule has 1 saturated heterocycles. The molecular weight excluding hydrogens is 459 g/mol. The maximum atomic E-state index is 12.8. The second kappa shape index (κ2) is 8.62. The summed E-state index contributed by atoms with van der Waals surface area (Å²) in [6, 6.07) is 2.22. The number of hydrogen-bond donors (Lipinski definition) is 0. The van der Waals surface area contributed by atoms with Crippen LogP contribution in [0, 0.1) is 11.3 Å². The first-order valence-electron chi connectivity index (χ1n) is 11.1. The van der Waals surface area contributed by atoms with Crippen LogP contribution in [0.1, 0.15) is 31.2 Å². The predicted molar refractivity (Wildman–Crippen MR) is 113 cm³/mol. The van der Waals surface area contributed by atoms with Crippen LogP contribution in [0.2, 0.25) is 0 Å². The van der Waals surface area contributed by atoms with Crippen LogP contribution in [0.4, 0.5) is 27.8 Å². The number of hydrogen-bond acceptors (Lipinski definition) is 6. The average molecular weight is 482 g/mol. The van der Waals surface area contributed by atoms with E-state index in [0.29, 0.717) is 29.5 Å². The van der Waals surface area contributed by atoms with E-state index in [0.717, 1.165) is 51.0 Å². The van der Waals surface area contributed by atoms with E-state index in [1.54, 1.807) is 6.20 Å². The monoisotopic (exact) mass is 482 g/mol. The topological polar surface area (TPSA) is 69.0 Å². The molecule has 1 spiro atoms. The van der Waals surface area contributed by atoms with Gasteiger partial charge in [-0.25, -0.2) is 28.4 Å². The third kappa shape index (κ3) is 4.62. The number of rotatable bonds is 6. The van der Waals surface area contributed by atoms with Crippen molar-refractivity contribution in [2.45, 2.75) is 44.8 Å². The maximum Gasteiger partial charge on any atom is 0.417 e. The van der Waals surface area contributed by atoms with Crippen LogP contribution in [0.25, 0.3) is 11.2 Å². The van der Waals surface area contributed by atoms with Crippen molar-refractivity contribution in [3.8, 4) is 5.88 Å². The van der Waals surface area contributed by atoms with Gasteiger partial charge in [0.25, 0.3) is 6.43 Å². The molecule has 4 heterocycles. The number of alkyl halides is 5. The molecule has 2 aliphatic rings. The van der Waals surface area contributed by atoms with E-state index in [1.807, 2.05) is 0 Å². The molecule has 1 saturated carbocycles. The SMILES string of the molecule is FC(F)Cn1ncc2ncc(N3CCC4(CC3)CC(COc3ccc(C(F)(F)F)cn3)C4)nc21. The highest BCUT2D eigenvalue weighted by Crippen LogP contribution is 2.52. The summed E-state index contributed by atoms with van der Waals surface area (Å²) in [5, 5.41) is 3.96. The third-order valence-electron chi connectivity index (χ3n) is 6.77. The van der Waals surface area contributed by atoms with Crippen LogP contribution >= 0.6 is 0 Å². The van der Waals surface area contributed by atoms with Gasteiger partial charge in [-0.3, -0.25) is 0 Å². The summed E-state index contributed by atoms with van der Waals surface area (Å²) in [6.45, 7) is 1.49. The van der Waals surface area contributed by atoms with Gasteiger partial charge >= 0.3 is 6.18 Å². The van der Waals surface area contributed by atoms with E-state index in [9.17, 15) is 22.0 Å². The molecule has 12 heteroatoms. The van der Waals surface area contributed by atoms with Crippen molar-refractivity contribution in [3.63, 3.8) is 0 Å². The molecule has 0 atom stereocenters. The summed E-state index contributed by atoms with van der Waals surface area (Å²) in [7, 11) is 0. The van der Waals surface area contributed by atoms with E-state index in [4.69, 9.17) is 4.74 Å². The number of nitrogens with zero attached hydrogens (tertiary/aromatic N) is 6. The molecule has 0 aromatic carbocycles. The highest BCUT2D eigenvalue weighted by molar-refractivity contribution is 5.71. The van der Waals surface area contributed by atoms with Crippen LogP contribution in [-0.4, -0.2) is 50.9 Å². The van der Waals surface area contributed by atoms with E-state index < -0.39 is 24.7 Å². The van der Waals surface area contributed by atoms with Crippen LogP contribution in [0.3, 0.4) is 0 Å². The first kappa shape index (κ1) is 22.7. The van der Waals surface area contributed by atoms with Gasteiger partial charge in [0.05, 0.1) is 24.6 Å². The van der Waals surface area contributed by atoms with E-state index in [1.165, 1.54) is 16.9 Å². The highest BCUT2D eigenvalue weighted by Gasteiger charge is 2.46. The molecule has 2 fully saturated rings. The fourth-order valence-electron chi connectivity index (χ4n) is 4.99. The summed E-state index contributed by atoms with van der Waals surface area (Å²) in [5.41, 5.74) is 0.280. The van der Waals surface area contributed by atoms with Crippen molar-refractivity contribution in [1.82, 2.24) is 24.7 Å². The maximum absolute atomic E-state index is 12.8. The van der Waals surface area contributed by atoms with Gasteiger partial charge < -0.3 is 9.64 Å². The van der Waals surface area contributed by atoms with Crippen molar-refractivity contribution in [2.75, 3.05) is 24.6 Å². The molecule has 0 unspecified atom stereocenters. The zero-order valence-corrected chi connectivity index (χ0v) is 18.2. The average Bonchev–Trinajstić information content (AvgIpc) is 3.17. The Balaban J connectivity index is 1.12. The Kier molecular flexibility index (Phi) is 5.76. The molecule has 0 radical (unpaired) electrons. The first-order valence-corrected chi connectivity index (χ1v) is 11.1. The largest absolute Gasteiger partial charge is 0.477 e. The van der Waals surface area contributed by atoms with Gasteiger partial charge in [-0.05, 0) is 43.1 Å². The molecule has 1 aliphatic heterocycles. The summed E-state index contributed by atoms with van der Waals surface area (Å²) in [5.74, 6) is 1.20. The highest BCUT2D eigenvalue weighted by atomic mass is 19.4. The second-order valence-corrected chi connectivity index (χ2v) is 9.11. The molecule has 1 aliphatic carbocycles. The van der Waals surface area contributed by atoms with Crippen molar-refractivity contribution in [3.05, 3.63) is 36.3 Å². The van der Waals surface area contributed by atoms with Crippen molar-refractivity contribution in [1.29, 1.82) is 0 Å². The Bertz CT molecular complexity index is 1130. The molecule has 0 N–H and O–H groups in total. The Labute approximate surface area is 192 Å². The normalized spacial score (nSPS) is 18.6. The number of anilines is 1. The standard InChI is InChI=1S/C22H23F5N6O/c23-17(24)12-33-20-16(10-30-33)28-11-18(31-20)32-5-3-21(4-6-32)7-14(8-21)13-34-19-2-1-15(9-29-19)22(25,26)27/h1-2,9-11,14,17H,3-8,12-13H2. The lowest BCUT2D eigenvalue weighted by molar-refractivity contribution is -0.137. The molecule has 7 nitrogen and oxygen atoms in total. The van der Waals surface area contributed by atoms with Gasteiger partial charge in [0.2, 0.25) is 5.88 Å². The fraction of sp³-hybridized carbons (Fsp3) is 0.545. The lowest BCUT2D eigenvalue weighted by Crippen LogP contribution is -2.48. The van der Waals surface area contributed by atoms with Gasteiger partial charge in [0.15, 0.2) is 5.65 Å². The lowest BCUT2D eigenvalue weighted by Gasteiger charge is -2.52. The Morgan fingerprint density at radius 1 is 1.06 bits per heavy atom. The lowest BCUT2D eigenvalue weighted by atomic mass is 9.58. The second-order valence-electron chi connectivity index (χ2n) is 9.11. The third-order valence-corrected chi connectivity index (χ3v) is 6.77. The minimum Gasteiger partial charge on any atom is -0.477 e. The summed E-state index contributed by atoms with van der Waals surface area (Å²) < 4.78 is 70.2. The van der Waals surface area contributed by atoms with Crippen molar-refractivity contribution in [2.24, 2.45) is 11.3 Å². The van der Waals surface area contributed by atoms with Crippen LogP contribution in [0.15, 0.2) is 30.7 Å². The minimum absolute atomic E-state index is 0.198. The van der Waals surface area contributed by atoms with Crippen molar-refractivity contribution < 1.29 is 26.7 Å². The summed E-state index contributed by atoms with van der Waals surface area (Å²) >= 11 is 0. The summed E-state index contributed by atoms with van der Waals surface area (Å²) in [4.78, 5) is 14.7. The molecule has 0 bridgehead atoms. The van der Waals surface area contributed by atoms with Gasteiger partial charge in [-0.1, -0.05) is 0 Å². The molecule has 0 amide bonds. The molecule has 3 aromatic heterocycles. The molecule has 182 valence electrons. The number of ether oxygens (including phenoxy) is 1. The zero-order chi connectivity index (χ0) is 23.9. The Morgan fingerprint density at radius 2 is 1.82 bits per heavy atom. The van der Waals surface area contributed by atoms with E-state index in [2.05, 4.69) is 25.0 Å². The van der Waals surface area contributed by atoms with Gasteiger partial charge in [0.1, 0.15) is 17.9 Å². The molecular formula is C22H23F5N6O. The first-order chi connectivity index (χ1) is 16.2. The van der Waals surface area contributed by atoms with Crippen molar-refractivity contribution >= 4 is 17.0 Å². The van der Waals surface area contributed by atoms with Crippen LogP contribution in [0.5, 0.6) is 5.88 Å². The van der Waals surface area contributed by atoms with Crippen LogP contribution in [-0.2, 0) is 12.7 Å². The Morgan fingerprint density at radius 3 is 2.47 bits per heavy atom. The van der Waals surface area contributed by atoms with E-state index >= 15 is 0 Å². The Hall–Kier alpha value is -3.05. The zero-order valence-electron chi connectivity index (χ0n) is 18.2. The number of aromatic nitrogens is 5. The molecule has 5 rings (SSSR count).